The maximum Gasteiger partial charge on any atom is 0.269 e. The molecule has 1 aromatic rings. The minimum Gasteiger partial charge on any atom is -0.325 e. The summed E-state index contributed by atoms with van der Waals surface area (Å²) in [5.41, 5.74) is -0.927. The van der Waals surface area contributed by atoms with Crippen molar-refractivity contribution in [1.29, 1.82) is 0 Å². The molecule has 0 unspecified atom stereocenters. The van der Waals surface area contributed by atoms with Crippen LogP contribution in [0.3, 0.4) is 0 Å². The van der Waals surface area contributed by atoms with E-state index in [-0.39, 0.29) is 17.2 Å². The number of fused-ring (bicyclic) bond motifs is 1. The molecule has 26 heavy (non-hydrogen) atoms. The van der Waals surface area contributed by atoms with Crippen molar-refractivity contribution in [3.8, 4) is 0 Å². The van der Waals surface area contributed by atoms with Crippen molar-refractivity contribution in [2.75, 3.05) is 5.32 Å². The third kappa shape index (κ3) is 2.80. The average Bonchev–Trinajstić information content (AvgIpc) is 2.92. The number of anilines is 1. The number of carbonyl (C=O) groups is 3. The molecule has 3 amide bonds. The Bertz CT molecular complexity index is 837. The number of carbonyl (C=O) groups excluding carboxylic acids is 3. The second-order valence-corrected chi connectivity index (χ2v) is 6.77. The van der Waals surface area contributed by atoms with E-state index in [4.69, 9.17) is 12.2 Å². The molecule has 0 radical (unpaired) electrons. The molecule has 0 saturated carbocycles. The number of nitrogens with one attached hydrogen (secondary N) is 2. The third-order valence-electron chi connectivity index (χ3n) is 4.30. The lowest BCUT2D eigenvalue weighted by atomic mass is 10.00. The summed E-state index contributed by atoms with van der Waals surface area (Å²) in [4.78, 5) is 47.4. The van der Waals surface area contributed by atoms with Gasteiger partial charge in [0.25, 0.3) is 5.69 Å². The molecular weight excluding hydrogens is 362 g/mol. The molecule has 136 valence electrons. The predicted molar refractivity (Wildman–Crippen MR) is 93.6 cm³/mol. The lowest BCUT2D eigenvalue weighted by molar-refractivity contribution is -0.384. The lowest BCUT2D eigenvalue weighted by Gasteiger charge is -2.45. The van der Waals surface area contributed by atoms with Crippen molar-refractivity contribution in [3.63, 3.8) is 0 Å². The van der Waals surface area contributed by atoms with Crippen LogP contribution in [0.15, 0.2) is 24.3 Å². The molecule has 11 heteroatoms. The summed E-state index contributed by atoms with van der Waals surface area (Å²) < 4.78 is 0. The van der Waals surface area contributed by atoms with Crippen LogP contribution < -0.4 is 10.6 Å². The molecule has 2 aliphatic rings. The quantitative estimate of drug-likeness (QED) is 0.447. The summed E-state index contributed by atoms with van der Waals surface area (Å²) >= 11 is 5.04. The normalized spacial score (nSPS) is 22.0. The van der Waals surface area contributed by atoms with Crippen molar-refractivity contribution in [2.24, 2.45) is 0 Å². The van der Waals surface area contributed by atoms with E-state index in [9.17, 15) is 24.5 Å². The molecule has 0 spiro atoms. The maximum absolute atomic E-state index is 12.7. The van der Waals surface area contributed by atoms with Gasteiger partial charge in [-0.2, -0.15) is 5.01 Å². The molecule has 2 saturated heterocycles. The number of nitrogens with zero attached hydrogens (tertiary/aromatic N) is 3. The lowest BCUT2D eigenvalue weighted by Crippen LogP contribution is -2.71. The summed E-state index contributed by atoms with van der Waals surface area (Å²) in [6, 6.07) is 4.37. The van der Waals surface area contributed by atoms with Crippen molar-refractivity contribution >= 4 is 46.4 Å². The van der Waals surface area contributed by atoms with Gasteiger partial charge < -0.3 is 5.32 Å². The second kappa shape index (κ2) is 6.11. The topological polar surface area (TPSA) is 125 Å². The third-order valence-corrected chi connectivity index (χ3v) is 4.58. The predicted octanol–water partition coefficient (Wildman–Crippen LogP) is 0.544. The number of thiocarbonyl (C=S) groups is 1. The molecule has 2 N–H and O–H groups in total. The van der Waals surface area contributed by atoms with Crippen LogP contribution in [-0.2, 0) is 14.4 Å². The summed E-state index contributed by atoms with van der Waals surface area (Å²) in [6.07, 6.45) is -0.142. The van der Waals surface area contributed by atoms with E-state index in [0.717, 1.165) is 5.01 Å². The first-order chi connectivity index (χ1) is 12.1. The van der Waals surface area contributed by atoms with Crippen LogP contribution in [-0.4, -0.2) is 49.4 Å². The van der Waals surface area contributed by atoms with Crippen LogP contribution in [0.2, 0.25) is 0 Å². The minimum atomic E-state index is -1.16. The van der Waals surface area contributed by atoms with Crippen LogP contribution in [0.4, 0.5) is 11.4 Å². The fraction of sp³-hybridized carbons (Fsp3) is 0.333. The van der Waals surface area contributed by atoms with Crippen molar-refractivity contribution in [2.45, 2.75) is 31.8 Å². The highest BCUT2D eigenvalue weighted by Crippen LogP contribution is 2.33. The first-order valence-electron chi connectivity index (χ1n) is 7.66. The Balaban J connectivity index is 1.84. The van der Waals surface area contributed by atoms with Crippen LogP contribution in [0.25, 0.3) is 0 Å². The van der Waals surface area contributed by atoms with E-state index in [2.05, 4.69) is 10.6 Å². The van der Waals surface area contributed by atoms with Gasteiger partial charge in [-0.15, -0.1) is 0 Å². The molecule has 1 atom stereocenters. The van der Waals surface area contributed by atoms with E-state index in [0.29, 0.717) is 5.69 Å². The number of nitro groups is 1. The molecule has 2 heterocycles. The molecule has 0 aromatic heterocycles. The highest BCUT2D eigenvalue weighted by atomic mass is 32.1. The van der Waals surface area contributed by atoms with Crippen molar-refractivity contribution in [1.82, 2.24) is 15.3 Å². The summed E-state index contributed by atoms with van der Waals surface area (Å²) in [5.74, 6) is -1.33. The van der Waals surface area contributed by atoms with E-state index in [1.54, 1.807) is 13.8 Å². The number of hydrazine groups is 1. The van der Waals surface area contributed by atoms with Gasteiger partial charge in [0, 0.05) is 17.8 Å². The van der Waals surface area contributed by atoms with Crippen molar-refractivity contribution in [3.05, 3.63) is 34.4 Å². The van der Waals surface area contributed by atoms with Gasteiger partial charge in [0.15, 0.2) is 5.11 Å². The number of nitro benzene ring substituents is 1. The van der Waals surface area contributed by atoms with Gasteiger partial charge in [0.2, 0.25) is 17.7 Å². The molecule has 0 bridgehead atoms. The smallest absolute Gasteiger partial charge is 0.269 e. The minimum absolute atomic E-state index is 0.0649. The average molecular weight is 377 g/mol. The Morgan fingerprint density at radius 3 is 2.54 bits per heavy atom. The number of rotatable bonds is 3. The van der Waals surface area contributed by atoms with Crippen molar-refractivity contribution < 1.29 is 19.3 Å². The Morgan fingerprint density at radius 2 is 1.96 bits per heavy atom. The van der Waals surface area contributed by atoms with Gasteiger partial charge in [0.05, 0.1) is 11.3 Å². The first kappa shape index (κ1) is 17.9. The van der Waals surface area contributed by atoms with Gasteiger partial charge in [0.1, 0.15) is 11.6 Å². The van der Waals surface area contributed by atoms with Crippen LogP contribution in [0.1, 0.15) is 20.3 Å². The van der Waals surface area contributed by atoms with E-state index >= 15 is 0 Å². The van der Waals surface area contributed by atoms with E-state index in [1.807, 2.05) is 0 Å². The van der Waals surface area contributed by atoms with E-state index in [1.165, 1.54) is 29.3 Å². The zero-order chi connectivity index (χ0) is 19.2. The van der Waals surface area contributed by atoms with Crippen LogP contribution >= 0.6 is 12.2 Å². The highest BCUT2D eigenvalue weighted by Gasteiger charge is 2.56. The molecule has 3 rings (SSSR count). The molecule has 1 aromatic carbocycles. The molecule has 0 aliphatic carbocycles. The number of hydrogen-bond donors (Lipinski definition) is 2. The van der Waals surface area contributed by atoms with E-state index < -0.39 is 34.2 Å². The van der Waals surface area contributed by atoms with Gasteiger partial charge in [-0.05, 0) is 38.2 Å². The SMILES string of the molecule is CC1(C)C(=O)NC(=S)N2C(=O)C[C@H](C(=O)Nc3ccc([N+](=O)[O-])cc3)N21. The molecule has 2 aliphatic heterocycles. The largest absolute Gasteiger partial charge is 0.325 e. The Labute approximate surface area is 153 Å². The number of non-ortho nitro benzene ring substituents is 1. The summed E-state index contributed by atoms with van der Waals surface area (Å²) in [6.45, 7) is 3.17. The Morgan fingerprint density at radius 1 is 1.35 bits per heavy atom. The second-order valence-electron chi connectivity index (χ2n) is 6.38. The molecular formula is C15H15N5O5S. The Hall–Kier alpha value is -2.92. The van der Waals surface area contributed by atoms with Gasteiger partial charge >= 0.3 is 0 Å². The maximum atomic E-state index is 12.7. The first-order valence-corrected chi connectivity index (χ1v) is 8.06. The van der Waals surface area contributed by atoms with Crippen LogP contribution in [0.5, 0.6) is 0 Å². The van der Waals surface area contributed by atoms with Gasteiger partial charge in [-0.25, -0.2) is 5.01 Å². The monoisotopic (exact) mass is 377 g/mol. The number of benzene rings is 1. The van der Waals surface area contributed by atoms with Gasteiger partial charge in [-0.1, -0.05) is 0 Å². The zero-order valence-corrected chi connectivity index (χ0v) is 14.7. The zero-order valence-electron chi connectivity index (χ0n) is 13.9. The fourth-order valence-corrected chi connectivity index (χ4v) is 3.23. The number of hydrogen-bond acceptors (Lipinski definition) is 7. The number of amides is 3. The highest BCUT2D eigenvalue weighted by molar-refractivity contribution is 7.80. The molecule has 10 nitrogen and oxygen atoms in total. The Kier molecular flexibility index (Phi) is 4.20. The van der Waals surface area contributed by atoms with Crippen LogP contribution in [0, 0.1) is 10.1 Å². The van der Waals surface area contributed by atoms with Gasteiger partial charge in [-0.3, -0.25) is 29.8 Å². The summed E-state index contributed by atoms with van der Waals surface area (Å²) in [5, 5.41) is 18.2. The fourth-order valence-electron chi connectivity index (χ4n) is 2.95. The summed E-state index contributed by atoms with van der Waals surface area (Å²) in [7, 11) is 0. The standard InChI is InChI=1S/C15H15N5O5S/c1-15(2)13(23)17-14(26)18-11(21)7-10(19(15)18)12(22)16-8-3-5-9(6-4-8)20(24)25/h3-6,10H,7H2,1-2H3,(H,16,22)(H,17,23,26)/t10-/m1/s1. The molecule has 2 fully saturated rings.